The van der Waals surface area contributed by atoms with Gasteiger partial charge in [0.1, 0.15) is 12.4 Å². The van der Waals surface area contributed by atoms with Gasteiger partial charge in [0.05, 0.1) is 41.2 Å². The van der Waals surface area contributed by atoms with E-state index in [9.17, 15) is 9.59 Å². The van der Waals surface area contributed by atoms with E-state index in [0.29, 0.717) is 49.5 Å². The summed E-state index contributed by atoms with van der Waals surface area (Å²) in [5, 5.41) is 0.627. The third-order valence-electron chi connectivity index (χ3n) is 6.99. The molecule has 0 bridgehead atoms. The molecule has 5 rings (SSSR count). The molecule has 4 aromatic rings. The predicted octanol–water partition coefficient (Wildman–Crippen LogP) is 6.22. The van der Waals surface area contributed by atoms with Gasteiger partial charge in [0.2, 0.25) is 0 Å². The minimum atomic E-state index is -0.713. The summed E-state index contributed by atoms with van der Waals surface area (Å²) in [7, 11) is 0. The second-order valence-electron chi connectivity index (χ2n) is 10.6. The number of carbonyl (C=O) groups excluding carboxylic acids is 1. The lowest BCUT2D eigenvalue weighted by molar-refractivity contribution is -0.139. The molecule has 0 fully saturated rings. The summed E-state index contributed by atoms with van der Waals surface area (Å²) in [6.45, 7) is 10.2. The van der Waals surface area contributed by atoms with Gasteiger partial charge in [0.25, 0.3) is 5.56 Å². The Balaban J connectivity index is 1.55. The number of halogens is 1. The molecule has 3 aromatic carbocycles. The highest BCUT2D eigenvalue weighted by Gasteiger charge is 2.33. The smallest absolute Gasteiger partial charge is 0.338 e. The van der Waals surface area contributed by atoms with Crippen LogP contribution in [0.4, 0.5) is 0 Å². The van der Waals surface area contributed by atoms with E-state index in [1.54, 1.807) is 24.5 Å². The van der Waals surface area contributed by atoms with Crippen LogP contribution in [-0.4, -0.2) is 29.9 Å². The van der Waals surface area contributed by atoms with Crippen LogP contribution >= 0.6 is 22.9 Å². The predicted molar refractivity (Wildman–Crippen MR) is 176 cm³/mol. The van der Waals surface area contributed by atoms with Crippen LogP contribution in [0.15, 0.2) is 87.8 Å². The van der Waals surface area contributed by atoms with Crippen molar-refractivity contribution < 1.29 is 23.7 Å². The molecular formula is C35H35ClN2O6S. The summed E-state index contributed by atoms with van der Waals surface area (Å²) >= 11 is 7.56. The maximum atomic E-state index is 14.0. The Morgan fingerprint density at radius 2 is 1.78 bits per heavy atom. The average molecular weight is 647 g/mol. The molecule has 10 heteroatoms. The van der Waals surface area contributed by atoms with Gasteiger partial charge < -0.3 is 18.9 Å². The SMILES string of the molecule is CCOC(=O)C1=C(C)N=c2s/c(=C\c3ccc(OCc4ccccc4Cl)c(OCC)c3)c(=O)n2[C@@H]1c1ccc(OC(C)C)cc1. The number of aromatic nitrogens is 1. The summed E-state index contributed by atoms with van der Waals surface area (Å²) in [6.07, 6.45) is 1.81. The van der Waals surface area contributed by atoms with Gasteiger partial charge >= 0.3 is 5.97 Å². The third kappa shape index (κ3) is 7.16. The van der Waals surface area contributed by atoms with Crippen molar-refractivity contribution in [2.24, 2.45) is 4.99 Å². The normalized spacial score (nSPS) is 14.6. The monoisotopic (exact) mass is 646 g/mol. The Kier molecular flexibility index (Phi) is 10.1. The lowest BCUT2D eigenvalue weighted by Crippen LogP contribution is -2.39. The van der Waals surface area contributed by atoms with Crippen molar-refractivity contribution in [1.82, 2.24) is 4.57 Å². The number of allylic oxidation sites excluding steroid dienone is 1. The fraction of sp³-hybridized carbons (Fsp3) is 0.286. The Morgan fingerprint density at radius 1 is 1.02 bits per heavy atom. The molecule has 1 aromatic heterocycles. The third-order valence-corrected chi connectivity index (χ3v) is 8.34. The lowest BCUT2D eigenvalue weighted by Gasteiger charge is -2.25. The largest absolute Gasteiger partial charge is 0.491 e. The molecule has 45 heavy (non-hydrogen) atoms. The van der Waals surface area contributed by atoms with E-state index in [0.717, 1.165) is 16.7 Å². The molecule has 0 unspecified atom stereocenters. The zero-order chi connectivity index (χ0) is 32.1. The number of hydrogen-bond acceptors (Lipinski definition) is 8. The topological polar surface area (TPSA) is 88.4 Å². The van der Waals surface area contributed by atoms with E-state index >= 15 is 0 Å². The maximum Gasteiger partial charge on any atom is 0.338 e. The first-order valence-corrected chi connectivity index (χ1v) is 16.0. The molecule has 234 valence electrons. The molecule has 0 aliphatic carbocycles. The molecule has 0 saturated heterocycles. The molecule has 1 atom stereocenters. The minimum Gasteiger partial charge on any atom is -0.491 e. The van der Waals surface area contributed by atoms with Crippen LogP contribution in [0.1, 0.15) is 57.4 Å². The van der Waals surface area contributed by atoms with Crippen LogP contribution in [0.25, 0.3) is 6.08 Å². The quantitative estimate of drug-likeness (QED) is 0.180. The van der Waals surface area contributed by atoms with Crippen LogP contribution < -0.4 is 29.1 Å². The molecule has 0 radical (unpaired) electrons. The van der Waals surface area contributed by atoms with Crippen LogP contribution in [0.2, 0.25) is 5.02 Å². The zero-order valence-corrected chi connectivity index (χ0v) is 27.4. The summed E-state index contributed by atoms with van der Waals surface area (Å²) < 4.78 is 25.2. The Hall–Kier alpha value is -4.34. The average Bonchev–Trinajstić information content (AvgIpc) is 3.31. The van der Waals surface area contributed by atoms with Gasteiger partial charge in [0, 0.05) is 10.6 Å². The van der Waals surface area contributed by atoms with Gasteiger partial charge in [-0.1, -0.05) is 59.3 Å². The van der Waals surface area contributed by atoms with Crippen molar-refractivity contribution >= 4 is 35.0 Å². The highest BCUT2D eigenvalue weighted by atomic mass is 35.5. The van der Waals surface area contributed by atoms with Crippen molar-refractivity contribution in [2.45, 2.75) is 53.4 Å². The fourth-order valence-corrected chi connectivity index (χ4v) is 6.27. The van der Waals surface area contributed by atoms with Gasteiger partial charge in [-0.2, -0.15) is 0 Å². The first kappa shape index (κ1) is 32.1. The van der Waals surface area contributed by atoms with Crippen LogP contribution in [0, 0.1) is 0 Å². The number of esters is 1. The lowest BCUT2D eigenvalue weighted by atomic mass is 9.96. The van der Waals surface area contributed by atoms with E-state index in [4.69, 9.17) is 30.5 Å². The van der Waals surface area contributed by atoms with E-state index in [2.05, 4.69) is 4.99 Å². The number of benzene rings is 3. The molecule has 0 saturated carbocycles. The van der Waals surface area contributed by atoms with Crippen LogP contribution in [0.3, 0.4) is 0 Å². The molecule has 8 nitrogen and oxygen atoms in total. The van der Waals surface area contributed by atoms with Crippen molar-refractivity contribution in [1.29, 1.82) is 0 Å². The van der Waals surface area contributed by atoms with Crippen LogP contribution in [0.5, 0.6) is 17.2 Å². The highest BCUT2D eigenvalue weighted by molar-refractivity contribution is 7.07. The van der Waals surface area contributed by atoms with Crippen molar-refractivity contribution in [2.75, 3.05) is 13.2 Å². The first-order valence-electron chi connectivity index (χ1n) is 14.8. The molecule has 0 amide bonds. The zero-order valence-electron chi connectivity index (χ0n) is 25.8. The van der Waals surface area contributed by atoms with Crippen molar-refractivity contribution in [3.63, 3.8) is 0 Å². The highest BCUT2D eigenvalue weighted by Crippen LogP contribution is 2.33. The van der Waals surface area contributed by atoms with E-state index in [1.165, 1.54) is 11.3 Å². The number of thiazole rings is 1. The Labute approximate surface area is 270 Å². The van der Waals surface area contributed by atoms with Gasteiger partial charge in [0.15, 0.2) is 16.3 Å². The van der Waals surface area contributed by atoms with E-state index in [1.807, 2.05) is 87.5 Å². The van der Waals surface area contributed by atoms with Crippen molar-refractivity contribution in [3.05, 3.63) is 119 Å². The molecule has 1 aliphatic rings. The van der Waals surface area contributed by atoms with E-state index in [-0.39, 0.29) is 24.9 Å². The maximum absolute atomic E-state index is 14.0. The van der Waals surface area contributed by atoms with Crippen molar-refractivity contribution in [3.8, 4) is 17.2 Å². The number of carbonyl (C=O) groups is 1. The summed E-state index contributed by atoms with van der Waals surface area (Å²) in [5.74, 6) is 1.31. The van der Waals surface area contributed by atoms with Gasteiger partial charge in [-0.15, -0.1) is 0 Å². The Morgan fingerprint density at radius 3 is 2.47 bits per heavy atom. The number of hydrogen-bond donors (Lipinski definition) is 0. The number of nitrogens with zero attached hydrogens (tertiary/aromatic N) is 2. The van der Waals surface area contributed by atoms with Gasteiger partial charge in [-0.05, 0) is 82.2 Å². The first-order chi connectivity index (χ1) is 21.7. The Bertz CT molecular complexity index is 1910. The summed E-state index contributed by atoms with van der Waals surface area (Å²) in [6, 6.07) is 19.7. The molecule has 1 aliphatic heterocycles. The fourth-order valence-electron chi connectivity index (χ4n) is 5.03. The number of rotatable bonds is 11. The minimum absolute atomic E-state index is 0.0111. The molecule has 2 heterocycles. The van der Waals surface area contributed by atoms with Crippen LogP contribution in [-0.2, 0) is 16.1 Å². The van der Waals surface area contributed by atoms with E-state index < -0.39 is 12.0 Å². The summed E-state index contributed by atoms with van der Waals surface area (Å²) in [4.78, 5) is 32.4. The number of fused-ring (bicyclic) bond motifs is 1. The second kappa shape index (κ2) is 14.2. The molecule has 0 N–H and O–H groups in total. The molecular weight excluding hydrogens is 612 g/mol. The molecule has 0 spiro atoms. The van der Waals surface area contributed by atoms with Gasteiger partial charge in [-0.25, -0.2) is 9.79 Å². The second-order valence-corrected chi connectivity index (χ2v) is 12.0. The number of ether oxygens (including phenoxy) is 4. The standard InChI is InChI=1S/C35H35ClN2O6S/c1-6-41-29-18-23(12-17-28(29)43-20-25-10-8-9-11-27(25)36)19-30-33(39)38-32(24-13-15-26(16-14-24)44-21(3)4)31(34(40)42-7-2)22(5)37-35(38)45-30/h8-19,21,32H,6-7,20H2,1-5H3/b30-19-/t32-/m1/s1. The summed E-state index contributed by atoms with van der Waals surface area (Å²) in [5.41, 5.74) is 2.93. The van der Waals surface area contributed by atoms with Gasteiger partial charge in [-0.3, -0.25) is 9.36 Å².